The molecule has 17 heavy (non-hydrogen) atoms. The average molecular weight is 236 g/mol. The molecule has 0 heterocycles. The van der Waals surface area contributed by atoms with E-state index >= 15 is 0 Å². The van der Waals surface area contributed by atoms with Crippen LogP contribution in [-0.2, 0) is 6.42 Å². The Kier molecular flexibility index (Phi) is 8.51. The van der Waals surface area contributed by atoms with E-state index in [1.807, 2.05) is 6.92 Å². The fraction of sp³-hybridized carbons (Fsp3) is 0.600. The second kappa shape index (κ2) is 9.06. The molecule has 0 aliphatic heterocycles. The maximum Gasteiger partial charge on any atom is 0.0346 e. The molecule has 0 saturated carbocycles. The lowest BCUT2D eigenvalue weighted by atomic mass is 10.1. The van der Waals surface area contributed by atoms with Crippen LogP contribution in [0.1, 0.15) is 37.8 Å². The standard InChI is InChI=1S/C10H15N.C5H13N/c1-3-4-9-6-5-8(2)10(11)7-9;1-4-5-6(2)3/h5-7H,3-4,11H2,1-2H3;4-5H2,1-3H3. The van der Waals surface area contributed by atoms with Gasteiger partial charge in [-0.05, 0) is 57.6 Å². The number of anilines is 1. The third-order valence-corrected chi connectivity index (χ3v) is 2.55. The molecular weight excluding hydrogens is 208 g/mol. The van der Waals surface area contributed by atoms with Gasteiger partial charge in [-0.25, -0.2) is 0 Å². The first-order chi connectivity index (χ1) is 8.01. The Labute approximate surface area is 107 Å². The SMILES string of the molecule is CCCN(C)C.CCCc1ccc(C)c(N)c1. The normalized spacial score (nSPS) is 10.0. The van der Waals surface area contributed by atoms with Crippen molar-refractivity contribution in [2.24, 2.45) is 0 Å². The van der Waals surface area contributed by atoms with E-state index in [0.29, 0.717) is 0 Å². The van der Waals surface area contributed by atoms with E-state index in [9.17, 15) is 0 Å². The number of nitrogens with zero attached hydrogens (tertiary/aromatic N) is 1. The summed E-state index contributed by atoms with van der Waals surface area (Å²) >= 11 is 0. The van der Waals surface area contributed by atoms with Crippen LogP contribution in [0.5, 0.6) is 0 Å². The molecule has 0 atom stereocenters. The molecule has 98 valence electrons. The fourth-order valence-corrected chi connectivity index (χ4v) is 1.58. The highest BCUT2D eigenvalue weighted by molar-refractivity contribution is 5.48. The minimum absolute atomic E-state index is 0.913. The topological polar surface area (TPSA) is 29.3 Å². The molecule has 0 unspecified atom stereocenters. The highest BCUT2D eigenvalue weighted by Crippen LogP contribution is 2.13. The second-order valence-electron chi connectivity index (χ2n) is 4.74. The number of rotatable bonds is 4. The van der Waals surface area contributed by atoms with Crippen molar-refractivity contribution in [1.29, 1.82) is 0 Å². The van der Waals surface area contributed by atoms with E-state index in [1.165, 1.54) is 30.5 Å². The van der Waals surface area contributed by atoms with Gasteiger partial charge in [0.2, 0.25) is 0 Å². The molecule has 0 radical (unpaired) electrons. The van der Waals surface area contributed by atoms with Gasteiger partial charge in [0.15, 0.2) is 0 Å². The van der Waals surface area contributed by atoms with Crippen molar-refractivity contribution in [3.05, 3.63) is 29.3 Å². The second-order valence-corrected chi connectivity index (χ2v) is 4.74. The van der Waals surface area contributed by atoms with Gasteiger partial charge in [-0.1, -0.05) is 32.4 Å². The molecule has 0 aliphatic rings. The molecular formula is C15H28N2. The molecule has 2 nitrogen and oxygen atoms in total. The zero-order valence-electron chi connectivity index (χ0n) is 12.1. The van der Waals surface area contributed by atoms with E-state index in [2.05, 4.69) is 51.0 Å². The third kappa shape index (κ3) is 7.81. The molecule has 1 rings (SSSR count). The van der Waals surface area contributed by atoms with Crippen molar-refractivity contribution in [2.45, 2.75) is 40.0 Å². The van der Waals surface area contributed by atoms with Crippen LogP contribution in [0.4, 0.5) is 5.69 Å². The minimum atomic E-state index is 0.913. The molecule has 0 amide bonds. The molecule has 0 saturated heterocycles. The lowest BCUT2D eigenvalue weighted by Crippen LogP contribution is -2.11. The Morgan fingerprint density at radius 1 is 1.12 bits per heavy atom. The largest absolute Gasteiger partial charge is 0.399 e. The van der Waals surface area contributed by atoms with Crippen LogP contribution in [0.2, 0.25) is 0 Å². The van der Waals surface area contributed by atoms with Crippen molar-refractivity contribution in [3.8, 4) is 0 Å². The Morgan fingerprint density at radius 2 is 1.76 bits per heavy atom. The Morgan fingerprint density at radius 3 is 2.12 bits per heavy atom. The first kappa shape index (κ1) is 16.0. The van der Waals surface area contributed by atoms with Crippen LogP contribution in [0.3, 0.4) is 0 Å². The number of hydrogen-bond donors (Lipinski definition) is 1. The summed E-state index contributed by atoms with van der Waals surface area (Å²) in [5.41, 5.74) is 9.18. The van der Waals surface area contributed by atoms with Crippen LogP contribution < -0.4 is 5.73 Å². The van der Waals surface area contributed by atoms with Gasteiger partial charge in [0, 0.05) is 5.69 Å². The first-order valence-electron chi connectivity index (χ1n) is 6.51. The van der Waals surface area contributed by atoms with Crippen molar-refractivity contribution >= 4 is 5.69 Å². The summed E-state index contributed by atoms with van der Waals surface area (Å²) in [6.45, 7) is 7.60. The monoisotopic (exact) mass is 236 g/mol. The lowest BCUT2D eigenvalue weighted by Gasteiger charge is -2.03. The van der Waals surface area contributed by atoms with Gasteiger partial charge in [-0.2, -0.15) is 0 Å². The van der Waals surface area contributed by atoms with Gasteiger partial charge in [0.05, 0.1) is 0 Å². The maximum atomic E-state index is 5.75. The summed E-state index contributed by atoms with van der Waals surface area (Å²) in [6, 6.07) is 6.30. The van der Waals surface area contributed by atoms with Crippen LogP contribution in [0.25, 0.3) is 0 Å². The zero-order chi connectivity index (χ0) is 13.3. The van der Waals surface area contributed by atoms with Gasteiger partial charge >= 0.3 is 0 Å². The highest BCUT2D eigenvalue weighted by Gasteiger charge is 1.94. The number of hydrogen-bond acceptors (Lipinski definition) is 2. The summed E-state index contributed by atoms with van der Waals surface area (Å²) < 4.78 is 0. The molecule has 0 spiro atoms. The molecule has 0 bridgehead atoms. The smallest absolute Gasteiger partial charge is 0.0346 e. The summed E-state index contributed by atoms with van der Waals surface area (Å²) in [6.07, 6.45) is 3.57. The predicted molar refractivity (Wildman–Crippen MR) is 78.4 cm³/mol. The van der Waals surface area contributed by atoms with E-state index < -0.39 is 0 Å². The van der Waals surface area contributed by atoms with Crippen molar-refractivity contribution in [1.82, 2.24) is 4.90 Å². The number of nitrogen functional groups attached to an aromatic ring is 1. The van der Waals surface area contributed by atoms with Gasteiger partial charge in [-0.3, -0.25) is 0 Å². The third-order valence-electron chi connectivity index (χ3n) is 2.55. The lowest BCUT2D eigenvalue weighted by molar-refractivity contribution is 0.408. The number of nitrogens with two attached hydrogens (primary N) is 1. The number of aryl methyl sites for hydroxylation is 2. The minimum Gasteiger partial charge on any atom is -0.399 e. The number of benzene rings is 1. The first-order valence-corrected chi connectivity index (χ1v) is 6.51. The zero-order valence-corrected chi connectivity index (χ0v) is 12.1. The summed E-state index contributed by atoms with van der Waals surface area (Å²) in [5.74, 6) is 0. The quantitative estimate of drug-likeness (QED) is 0.811. The van der Waals surface area contributed by atoms with E-state index in [-0.39, 0.29) is 0 Å². The van der Waals surface area contributed by atoms with Gasteiger partial charge < -0.3 is 10.6 Å². The maximum absolute atomic E-state index is 5.75. The van der Waals surface area contributed by atoms with Crippen LogP contribution in [0.15, 0.2) is 18.2 Å². The summed E-state index contributed by atoms with van der Waals surface area (Å²) in [4.78, 5) is 2.18. The average Bonchev–Trinajstić information content (AvgIpc) is 2.25. The Balaban J connectivity index is 0.000000366. The van der Waals surface area contributed by atoms with E-state index in [1.54, 1.807) is 0 Å². The van der Waals surface area contributed by atoms with E-state index in [4.69, 9.17) is 5.73 Å². The molecule has 0 aliphatic carbocycles. The molecule has 2 N–H and O–H groups in total. The highest BCUT2D eigenvalue weighted by atomic mass is 15.0. The van der Waals surface area contributed by atoms with Crippen LogP contribution in [-0.4, -0.2) is 25.5 Å². The van der Waals surface area contributed by atoms with Gasteiger partial charge in [0.25, 0.3) is 0 Å². The Bertz CT molecular complexity index is 306. The van der Waals surface area contributed by atoms with Crippen molar-refractivity contribution in [2.75, 3.05) is 26.4 Å². The molecule has 1 aromatic carbocycles. The van der Waals surface area contributed by atoms with E-state index in [0.717, 1.165) is 12.1 Å². The van der Waals surface area contributed by atoms with Gasteiger partial charge in [-0.15, -0.1) is 0 Å². The fourth-order valence-electron chi connectivity index (χ4n) is 1.58. The van der Waals surface area contributed by atoms with Crippen LogP contribution in [0, 0.1) is 6.92 Å². The predicted octanol–water partition coefficient (Wildman–Crippen LogP) is 3.49. The van der Waals surface area contributed by atoms with Crippen molar-refractivity contribution < 1.29 is 0 Å². The Hall–Kier alpha value is -1.02. The molecule has 0 aromatic heterocycles. The molecule has 1 aromatic rings. The van der Waals surface area contributed by atoms with Gasteiger partial charge in [0.1, 0.15) is 0 Å². The summed E-state index contributed by atoms with van der Waals surface area (Å²) in [7, 11) is 4.17. The van der Waals surface area contributed by atoms with Crippen LogP contribution >= 0.6 is 0 Å². The van der Waals surface area contributed by atoms with Crippen molar-refractivity contribution in [3.63, 3.8) is 0 Å². The summed E-state index contributed by atoms with van der Waals surface area (Å²) in [5, 5.41) is 0. The molecule has 0 fully saturated rings. The molecule has 2 heteroatoms.